The van der Waals surface area contributed by atoms with Crippen molar-refractivity contribution in [2.24, 2.45) is 0 Å². The Morgan fingerprint density at radius 1 is 1.45 bits per heavy atom. The number of hydrogen-bond donors (Lipinski definition) is 1. The van der Waals surface area contributed by atoms with Crippen LogP contribution >= 0.6 is 23.1 Å². The van der Waals surface area contributed by atoms with E-state index in [4.69, 9.17) is 14.6 Å². The lowest BCUT2D eigenvalue weighted by atomic mass is 10.3. The Hall–Kier alpha value is -0.900. The van der Waals surface area contributed by atoms with Crippen LogP contribution in [0.1, 0.15) is 6.92 Å². The molecule has 0 saturated carbocycles. The Bertz CT molecular complexity index is 416. The second-order valence-corrected chi connectivity index (χ2v) is 6.20. The molecule has 1 N–H and O–H groups in total. The summed E-state index contributed by atoms with van der Waals surface area (Å²) in [6.07, 6.45) is 0. The van der Waals surface area contributed by atoms with Gasteiger partial charge in [-0.15, -0.1) is 10.2 Å². The molecule has 20 heavy (non-hydrogen) atoms. The van der Waals surface area contributed by atoms with Gasteiger partial charge in [0.25, 0.3) is 0 Å². The summed E-state index contributed by atoms with van der Waals surface area (Å²) in [5.74, 6) is -0.879. The highest BCUT2D eigenvalue weighted by Gasteiger charge is 2.19. The summed E-state index contributed by atoms with van der Waals surface area (Å²) in [7, 11) is 3.30. The van der Waals surface area contributed by atoms with Crippen molar-refractivity contribution in [3.05, 3.63) is 0 Å². The minimum atomic E-state index is -0.865. The largest absolute Gasteiger partial charge is 0.481 e. The zero-order valence-electron chi connectivity index (χ0n) is 11.7. The van der Waals surface area contributed by atoms with E-state index >= 15 is 0 Å². The summed E-state index contributed by atoms with van der Waals surface area (Å²) in [6, 6.07) is 0.139. The predicted octanol–water partition coefficient (Wildman–Crippen LogP) is 1.20. The number of anilines is 1. The van der Waals surface area contributed by atoms with E-state index in [2.05, 4.69) is 15.1 Å². The van der Waals surface area contributed by atoms with Crippen molar-refractivity contribution >= 4 is 34.2 Å². The molecule has 0 spiro atoms. The average Bonchev–Trinajstić information content (AvgIpc) is 2.86. The van der Waals surface area contributed by atoms with Crippen LogP contribution in [-0.2, 0) is 14.3 Å². The molecule has 0 bridgehead atoms. The molecule has 0 radical (unpaired) electrons. The standard InChI is InChI=1S/C11H19N3O4S2/c1-8(6-18-3)14(4-5-17-2)10-12-13-11(20-10)19-7-9(15)16/h8H,4-7H2,1-3H3,(H,15,16). The third-order valence-corrected chi connectivity index (χ3v) is 4.52. The molecule has 1 atom stereocenters. The molecule has 0 aliphatic carbocycles. The van der Waals surface area contributed by atoms with Gasteiger partial charge in [0.2, 0.25) is 5.13 Å². The first-order valence-corrected chi connectivity index (χ1v) is 7.81. The summed E-state index contributed by atoms with van der Waals surface area (Å²) < 4.78 is 10.9. The van der Waals surface area contributed by atoms with Crippen LogP contribution < -0.4 is 4.90 Å². The molecule has 1 unspecified atom stereocenters. The van der Waals surface area contributed by atoms with Crippen LogP contribution in [0.2, 0.25) is 0 Å². The monoisotopic (exact) mass is 321 g/mol. The average molecular weight is 321 g/mol. The first kappa shape index (κ1) is 17.2. The molecular formula is C11H19N3O4S2. The van der Waals surface area contributed by atoms with Crippen LogP contribution in [-0.4, -0.2) is 67.0 Å². The summed E-state index contributed by atoms with van der Waals surface area (Å²) in [5, 5.41) is 17.5. The molecule has 0 amide bonds. The summed E-state index contributed by atoms with van der Waals surface area (Å²) >= 11 is 2.55. The fourth-order valence-corrected chi connectivity index (χ4v) is 3.22. The Labute approximate surface area is 126 Å². The molecule has 1 aromatic heterocycles. The maximum absolute atomic E-state index is 10.5. The van der Waals surface area contributed by atoms with Gasteiger partial charge in [-0.25, -0.2) is 0 Å². The van der Waals surface area contributed by atoms with Gasteiger partial charge in [0, 0.05) is 20.8 Å². The fourth-order valence-electron chi connectivity index (χ4n) is 1.53. The minimum Gasteiger partial charge on any atom is -0.481 e. The van der Waals surface area contributed by atoms with E-state index in [-0.39, 0.29) is 11.8 Å². The number of carboxylic acids is 1. The van der Waals surface area contributed by atoms with Gasteiger partial charge in [-0.05, 0) is 6.92 Å². The third-order valence-electron chi connectivity index (χ3n) is 2.44. The van der Waals surface area contributed by atoms with E-state index in [1.165, 1.54) is 23.1 Å². The molecule has 0 aliphatic heterocycles. The van der Waals surface area contributed by atoms with Gasteiger partial charge in [-0.2, -0.15) is 0 Å². The molecule has 9 heteroatoms. The van der Waals surface area contributed by atoms with Crippen LogP contribution in [0.4, 0.5) is 5.13 Å². The van der Waals surface area contributed by atoms with Gasteiger partial charge < -0.3 is 19.5 Å². The van der Waals surface area contributed by atoms with Crippen LogP contribution in [0, 0.1) is 0 Å². The van der Waals surface area contributed by atoms with Crippen LogP contribution in [0.3, 0.4) is 0 Å². The lowest BCUT2D eigenvalue weighted by Crippen LogP contribution is -2.38. The third kappa shape index (κ3) is 5.61. The second kappa shape index (κ2) is 9.11. The van der Waals surface area contributed by atoms with Gasteiger partial charge in [-0.3, -0.25) is 4.79 Å². The number of carbonyl (C=O) groups is 1. The molecule has 1 heterocycles. The van der Waals surface area contributed by atoms with Crippen molar-refractivity contribution in [3.8, 4) is 0 Å². The SMILES string of the molecule is COCCN(c1nnc(SCC(=O)O)s1)C(C)COC. The number of rotatable bonds is 10. The number of hydrogen-bond acceptors (Lipinski definition) is 8. The first-order chi connectivity index (χ1) is 9.58. The molecule has 114 valence electrons. The van der Waals surface area contributed by atoms with Gasteiger partial charge in [0.05, 0.1) is 25.0 Å². The topological polar surface area (TPSA) is 84.8 Å². The van der Waals surface area contributed by atoms with Crippen LogP contribution in [0.15, 0.2) is 4.34 Å². The highest BCUT2D eigenvalue weighted by Crippen LogP contribution is 2.28. The predicted molar refractivity (Wildman–Crippen MR) is 78.8 cm³/mol. The number of thioether (sulfide) groups is 1. The Balaban J connectivity index is 2.71. The molecule has 7 nitrogen and oxygen atoms in total. The lowest BCUT2D eigenvalue weighted by Gasteiger charge is -2.27. The molecule has 1 aromatic rings. The zero-order valence-corrected chi connectivity index (χ0v) is 13.4. The molecule has 0 fully saturated rings. The van der Waals surface area contributed by atoms with E-state index in [1.807, 2.05) is 6.92 Å². The van der Waals surface area contributed by atoms with Crippen molar-refractivity contribution in [1.82, 2.24) is 10.2 Å². The summed E-state index contributed by atoms with van der Waals surface area (Å²) in [6.45, 7) is 3.86. The lowest BCUT2D eigenvalue weighted by molar-refractivity contribution is -0.133. The van der Waals surface area contributed by atoms with Crippen molar-refractivity contribution in [1.29, 1.82) is 0 Å². The van der Waals surface area contributed by atoms with E-state index in [9.17, 15) is 4.79 Å². The fraction of sp³-hybridized carbons (Fsp3) is 0.727. The van der Waals surface area contributed by atoms with E-state index in [0.717, 1.165) is 5.13 Å². The number of methoxy groups -OCH3 is 2. The normalized spacial score (nSPS) is 12.3. The number of ether oxygens (including phenoxy) is 2. The Kier molecular flexibility index (Phi) is 7.82. The van der Waals surface area contributed by atoms with Crippen molar-refractivity contribution in [2.75, 3.05) is 44.6 Å². The van der Waals surface area contributed by atoms with Crippen LogP contribution in [0.25, 0.3) is 0 Å². The maximum atomic E-state index is 10.5. The van der Waals surface area contributed by atoms with E-state index in [0.29, 0.717) is 24.1 Å². The van der Waals surface area contributed by atoms with E-state index in [1.54, 1.807) is 14.2 Å². The van der Waals surface area contributed by atoms with Crippen molar-refractivity contribution in [2.45, 2.75) is 17.3 Å². The number of carboxylic acid groups (broad SMARTS) is 1. The molecule has 1 rings (SSSR count). The molecule has 0 aliphatic rings. The maximum Gasteiger partial charge on any atom is 0.313 e. The molecule has 0 aromatic carbocycles. The Morgan fingerprint density at radius 2 is 2.20 bits per heavy atom. The second-order valence-electron chi connectivity index (χ2n) is 4.02. The first-order valence-electron chi connectivity index (χ1n) is 6.01. The minimum absolute atomic E-state index is 0.0136. The summed E-state index contributed by atoms with van der Waals surface area (Å²) in [4.78, 5) is 12.6. The molecular weight excluding hydrogens is 302 g/mol. The quantitative estimate of drug-likeness (QED) is 0.644. The van der Waals surface area contributed by atoms with Gasteiger partial charge in [-0.1, -0.05) is 23.1 Å². The number of nitrogens with zero attached hydrogens (tertiary/aromatic N) is 3. The van der Waals surface area contributed by atoms with Crippen molar-refractivity contribution in [3.63, 3.8) is 0 Å². The van der Waals surface area contributed by atoms with Crippen molar-refractivity contribution < 1.29 is 19.4 Å². The number of aromatic nitrogens is 2. The van der Waals surface area contributed by atoms with Gasteiger partial charge in [0.1, 0.15) is 0 Å². The Morgan fingerprint density at radius 3 is 2.80 bits per heavy atom. The highest BCUT2D eigenvalue weighted by molar-refractivity contribution is 8.01. The van der Waals surface area contributed by atoms with Gasteiger partial charge in [0.15, 0.2) is 4.34 Å². The number of aliphatic carboxylic acids is 1. The van der Waals surface area contributed by atoms with Crippen LogP contribution in [0.5, 0.6) is 0 Å². The smallest absolute Gasteiger partial charge is 0.313 e. The highest BCUT2D eigenvalue weighted by atomic mass is 32.2. The molecule has 0 saturated heterocycles. The summed E-state index contributed by atoms with van der Waals surface area (Å²) in [5.41, 5.74) is 0. The zero-order chi connectivity index (χ0) is 15.0. The van der Waals surface area contributed by atoms with E-state index < -0.39 is 5.97 Å². The van der Waals surface area contributed by atoms with Gasteiger partial charge >= 0.3 is 5.97 Å².